The Bertz CT molecular complexity index is 1040. The zero-order chi connectivity index (χ0) is 20.8. The molecule has 29 heavy (non-hydrogen) atoms. The fourth-order valence-electron chi connectivity index (χ4n) is 2.56. The number of carbonyl (C=O) groups is 2. The van der Waals surface area contributed by atoms with Gasteiger partial charge in [0.25, 0.3) is 5.91 Å². The van der Waals surface area contributed by atoms with Crippen molar-refractivity contribution in [1.29, 1.82) is 0 Å². The Hall–Kier alpha value is -4.14. The van der Waals surface area contributed by atoms with Crippen molar-refractivity contribution >= 4 is 34.8 Å². The van der Waals surface area contributed by atoms with E-state index in [-0.39, 0.29) is 5.56 Å². The van der Waals surface area contributed by atoms with Crippen LogP contribution in [0.1, 0.15) is 27.6 Å². The van der Waals surface area contributed by atoms with Crippen molar-refractivity contribution in [2.45, 2.75) is 6.92 Å². The maximum absolute atomic E-state index is 11.8. The second kappa shape index (κ2) is 8.70. The van der Waals surface area contributed by atoms with Crippen molar-refractivity contribution in [1.82, 2.24) is 9.97 Å². The van der Waals surface area contributed by atoms with E-state index in [1.165, 1.54) is 12.4 Å². The number of amides is 2. The number of primary amides is 2. The minimum Gasteiger partial charge on any atom is -0.492 e. The van der Waals surface area contributed by atoms with E-state index in [4.69, 9.17) is 16.2 Å². The van der Waals surface area contributed by atoms with E-state index in [1.54, 1.807) is 18.2 Å². The molecule has 0 bridgehead atoms. The van der Waals surface area contributed by atoms with Gasteiger partial charge in [-0.3, -0.25) is 9.59 Å². The smallest absolute Gasteiger partial charge is 0.252 e. The third-order valence-electron chi connectivity index (χ3n) is 3.93. The van der Waals surface area contributed by atoms with Crippen molar-refractivity contribution < 1.29 is 14.3 Å². The Morgan fingerprint density at radius 2 is 1.69 bits per heavy atom. The average Bonchev–Trinajstić information content (AvgIpc) is 2.70. The molecule has 0 aliphatic heterocycles. The molecule has 0 spiro atoms. The molecule has 6 N–H and O–H groups in total. The maximum Gasteiger partial charge on any atom is 0.252 e. The van der Waals surface area contributed by atoms with Crippen LogP contribution in [-0.2, 0) is 0 Å². The zero-order valence-corrected chi connectivity index (χ0v) is 15.7. The first-order chi connectivity index (χ1) is 14.0. The van der Waals surface area contributed by atoms with Gasteiger partial charge in [0.1, 0.15) is 17.4 Å². The summed E-state index contributed by atoms with van der Waals surface area (Å²) in [5.41, 5.74) is 12.3. The van der Waals surface area contributed by atoms with Crippen LogP contribution in [0.15, 0.2) is 54.9 Å². The average molecular weight is 392 g/mol. The quantitative estimate of drug-likeness (QED) is 0.461. The van der Waals surface area contributed by atoms with Gasteiger partial charge in [-0.1, -0.05) is 12.1 Å². The summed E-state index contributed by atoms with van der Waals surface area (Å²) in [5, 5.41) is 6.17. The molecule has 0 radical (unpaired) electrons. The normalized spacial score (nSPS) is 10.2. The standard InChI is InChI=1S/C20H20N6O3/c1-2-29-16-6-4-3-5-14(16)25-15-9-18(24-11-13(15)20(22)28)26-17-8-7-12(10-23-17)19(21)27/h3-11H,2H2,1H3,(H2,21,27)(H2,22,28)(H2,23,24,25,26). The van der Waals surface area contributed by atoms with Crippen LogP contribution < -0.4 is 26.8 Å². The van der Waals surface area contributed by atoms with Crippen molar-refractivity contribution in [3.8, 4) is 5.75 Å². The van der Waals surface area contributed by atoms with Crippen LogP contribution in [0.25, 0.3) is 0 Å². The molecule has 148 valence electrons. The predicted molar refractivity (Wildman–Crippen MR) is 110 cm³/mol. The van der Waals surface area contributed by atoms with Crippen LogP contribution in [0.4, 0.5) is 23.0 Å². The van der Waals surface area contributed by atoms with E-state index in [1.807, 2.05) is 31.2 Å². The number of benzene rings is 1. The summed E-state index contributed by atoms with van der Waals surface area (Å²) in [6.45, 7) is 2.38. The van der Waals surface area contributed by atoms with Crippen LogP contribution >= 0.6 is 0 Å². The van der Waals surface area contributed by atoms with Crippen LogP contribution in [-0.4, -0.2) is 28.4 Å². The molecular weight excluding hydrogens is 372 g/mol. The van der Waals surface area contributed by atoms with Crippen LogP contribution in [0.3, 0.4) is 0 Å². The largest absolute Gasteiger partial charge is 0.492 e. The predicted octanol–water partition coefficient (Wildman–Crippen LogP) is 2.56. The number of aromatic nitrogens is 2. The van der Waals surface area contributed by atoms with Gasteiger partial charge in [-0.05, 0) is 31.2 Å². The highest BCUT2D eigenvalue weighted by Gasteiger charge is 2.13. The number of rotatable bonds is 8. The lowest BCUT2D eigenvalue weighted by Crippen LogP contribution is -2.14. The second-order valence-corrected chi connectivity index (χ2v) is 5.95. The molecule has 3 aromatic rings. The highest BCUT2D eigenvalue weighted by atomic mass is 16.5. The molecule has 1 aromatic carbocycles. The highest BCUT2D eigenvalue weighted by molar-refractivity contribution is 5.99. The lowest BCUT2D eigenvalue weighted by molar-refractivity contribution is 0.0992. The van der Waals surface area contributed by atoms with Crippen molar-refractivity contribution in [2.24, 2.45) is 11.5 Å². The molecule has 0 aliphatic rings. The van der Waals surface area contributed by atoms with Gasteiger partial charge in [0.15, 0.2) is 0 Å². The number of anilines is 4. The van der Waals surface area contributed by atoms with Crippen LogP contribution in [0, 0.1) is 0 Å². The molecule has 9 nitrogen and oxygen atoms in total. The molecule has 2 heterocycles. The minimum absolute atomic E-state index is 0.221. The van der Waals surface area contributed by atoms with Gasteiger partial charge in [-0.2, -0.15) is 0 Å². The summed E-state index contributed by atoms with van der Waals surface area (Å²) < 4.78 is 5.61. The Labute approximate surface area is 167 Å². The first-order valence-corrected chi connectivity index (χ1v) is 8.79. The highest BCUT2D eigenvalue weighted by Crippen LogP contribution is 2.30. The van der Waals surface area contributed by atoms with Gasteiger partial charge in [-0.15, -0.1) is 0 Å². The van der Waals surface area contributed by atoms with Gasteiger partial charge in [0.05, 0.1) is 29.1 Å². The monoisotopic (exact) mass is 392 g/mol. The van der Waals surface area contributed by atoms with Gasteiger partial charge in [0.2, 0.25) is 5.91 Å². The molecule has 0 atom stereocenters. The molecular formula is C20H20N6O3. The topological polar surface area (TPSA) is 145 Å². The molecule has 2 amide bonds. The number of hydrogen-bond donors (Lipinski definition) is 4. The maximum atomic E-state index is 11.8. The zero-order valence-electron chi connectivity index (χ0n) is 15.7. The third-order valence-corrected chi connectivity index (χ3v) is 3.93. The summed E-state index contributed by atoms with van der Waals surface area (Å²) >= 11 is 0. The molecule has 0 unspecified atom stereocenters. The number of hydrogen-bond acceptors (Lipinski definition) is 7. The number of nitrogens with one attached hydrogen (secondary N) is 2. The fraction of sp³-hybridized carbons (Fsp3) is 0.100. The first kappa shape index (κ1) is 19.6. The number of nitrogens with two attached hydrogens (primary N) is 2. The summed E-state index contributed by atoms with van der Waals surface area (Å²) in [6.07, 6.45) is 2.73. The lowest BCUT2D eigenvalue weighted by atomic mass is 10.2. The summed E-state index contributed by atoms with van der Waals surface area (Å²) in [7, 11) is 0. The number of nitrogens with zero attached hydrogens (tertiary/aromatic N) is 2. The lowest BCUT2D eigenvalue weighted by Gasteiger charge is -2.15. The first-order valence-electron chi connectivity index (χ1n) is 8.79. The molecule has 0 saturated heterocycles. The summed E-state index contributed by atoms with van der Waals surface area (Å²) in [4.78, 5) is 31.3. The summed E-state index contributed by atoms with van der Waals surface area (Å²) in [5.74, 6) is 0.331. The van der Waals surface area contributed by atoms with Crippen molar-refractivity contribution in [2.75, 3.05) is 17.2 Å². The van der Waals surface area contributed by atoms with Crippen LogP contribution in [0.5, 0.6) is 5.75 Å². The van der Waals surface area contributed by atoms with Crippen LogP contribution in [0.2, 0.25) is 0 Å². The minimum atomic E-state index is -0.621. The van der Waals surface area contributed by atoms with Crippen molar-refractivity contribution in [3.05, 3.63) is 66.0 Å². The molecule has 0 saturated carbocycles. The van der Waals surface area contributed by atoms with Crippen molar-refractivity contribution in [3.63, 3.8) is 0 Å². The van der Waals surface area contributed by atoms with E-state index < -0.39 is 11.8 Å². The van der Waals surface area contributed by atoms with Gasteiger partial charge < -0.3 is 26.8 Å². The Kier molecular flexibility index (Phi) is 5.88. The summed E-state index contributed by atoms with van der Waals surface area (Å²) in [6, 6.07) is 12.1. The Morgan fingerprint density at radius 1 is 0.931 bits per heavy atom. The molecule has 0 fully saturated rings. The molecule has 0 aliphatic carbocycles. The van der Waals surface area contributed by atoms with E-state index in [9.17, 15) is 9.59 Å². The van der Waals surface area contributed by atoms with E-state index in [0.29, 0.717) is 40.9 Å². The Balaban J connectivity index is 1.90. The number of ether oxygens (including phenoxy) is 1. The Morgan fingerprint density at radius 3 is 2.34 bits per heavy atom. The fourth-order valence-corrected chi connectivity index (χ4v) is 2.56. The SMILES string of the molecule is CCOc1ccccc1Nc1cc(Nc2ccc(C(N)=O)cn2)ncc1C(N)=O. The van der Waals surface area contributed by atoms with Gasteiger partial charge in [0, 0.05) is 18.5 Å². The number of para-hydroxylation sites is 2. The molecule has 2 aromatic heterocycles. The molecule has 9 heteroatoms. The van der Waals surface area contributed by atoms with E-state index in [0.717, 1.165) is 0 Å². The molecule has 3 rings (SSSR count). The van der Waals surface area contributed by atoms with E-state index >= 15 is 0 Å². The number of pyridine rings is 2. The second-order valence-electron chi connectivity index (χ2n) is 5.95. The van der Waals surface area contributed by atoms with E-state index in [2.05, 4.69) is 20.6 Å². The van der Waals surface area contributed by atoms with Gasteiger partial charge >= 0.3 is 0 Å². The van der Waals surface area contributed by atoms with Gasteiger partial charge in [-0.25, -0.2) is 9.97 Å². The number of carbonyl (C=O) groups excluding carboxylic acids is 2. The third kappa shape index (κ3) is 4.78.